The van der Waals surface area contributed by atoms with Crippen molar-refractivity contribution >= 4 is 40.5 Å². The summed E-state index contributed by atoms with van der Waals surface area (Å²) in [5, 5.41) is 15.7. The Kier molecular flexibility index (Phi) is 4.53. The molecule has 0 amide bonds. The number of hydrogen-bond acceptors (Lipinski definition) is 3. The van der Waals surface area contributed by atoms with Crippen molar-refractivity contribution in [1.82, 2.24) is 0 Å². The van der Waals surface area contributed by atoms with Gasteiger partial charge in [0, 0.05) is 29.1 Å². The lowest BCUT2D eigenvalue weighted by molar-refractivity contribution is -0.825. The molecule has 124 valence electrons. The Labute approximate surface area is 146 Å². The Morgan fingerprint density at radius 1 is 1.08 bits per heavy atom. The number of ether oxygens (including phenoxy) is 1. The highest BCUT2D eigenvalue weighted by atomic mass is 32.1. The Morgan fingerprint density at radius 3 is 2.46 bits per heavy atom. The summed E-state index contributed by atoms with van der Waals surface area (Å²) >= 11 is 5.34. The fraction of sp³-hybridized carbons (Fsp3) is 0.167. The fourth-order valence-corrected chi connectivity index (χ4v) is 2.64. The molecule has 0 radical (unpaired) electrons. The lowest BCUT2D eigenvalue weighted by atomic mass is 10.0. The van der Waals surface area contributed by atoms with Crippen LogP contribution in [0, 0.1) is 0 Å². The molecule has 0 unspecified atom stereocenters. The number of nitrogens with one attached hydrogen (secondary N) is 2. The molecule has 0 spiro atoms. The topological polar surface area (TPSA) is 70.1 Å². The van der Waals surface area contributed by atoms with Gasteiger partial charge in [-0.25, -0.2) is 5.21 Å². The molecule has 5 N–H and O–H groups in total. The molecule has 6 heteroatoms. The number of hydrogen-bond donors (Lipinski definition) is 4. The van der Waals surface area contributed by atoms with E-state index in [-0.39, 0.29) is 5.60 Å². The van der Waals surface area contributed by atoms with Crippen molar-refractivity contribution in [1.29, 1.82) is 0 Å². The number of benzene rings is 2. The van der Waals surface area contributed by atoms with Crippen LogP contribution in [0.1, 0.15) is 19.4 Å². The second-order valence-electron chi connectivity index (χ2n) is 6.12. The van der Waals surface area contributed by atoms with Crippen LogP contribution in [0.5, 0.6) is 5.75 Å². The quantitative estimate of drug-likeness (QED) is 0.392. The molecule has 0 aromatic heterocycles. The van der Waals surface area contributed by atoms with E-state index in [1.807, 2.05) is 50.3 Å². The van der Waals surface area contributed by atoms with Crippen molar-refractivity contribution in [2.45, 2.75) is 19.4 Å². The maximum Gasteiger partial charge on any atom is 0.175 e. The van der Waals surface area contributed by atoms with E-state index in [0.29, 0.717) is 5.11 Å². The van der Waals surface area contributed by atoms with Gasteiger partial charge in [-0.05, 0) is 62.5 Å². The van der Waals surface area contributed by atoms with Gasteiger partial charge in [-0.1, -0.05) is 6.08 Å². The molecule has 24 heavy (non-hydrogen) atoms. The summed E-state index contributed by atoms with van der Waals surface area (Å²) in [6.45, 7) is 4.05. The lowest BCUT2D eigenvalue weighted by Crippen LogP contribution is -2.73. The van der Waals surface area contributed by atoms with Gasteiger partial charge in [0.2, 0.25) is 0 Å². The van der Waals surface area contributed by atoms with Crippen LogP contribution in [-0.4, -0.2) is 15.9 Å². The minimum absolute atomic E-state index is 0.281. The van der Waals surface area contributed by atoms with Crippen LogP contribution in [0.2, 0.25) is 0 Å². The molecule has 2 aromatic carbocycles. The number of nitrogens with two attached hydrogens (primary N) is 1. The van der Waals surface area contributed by atoms with Crippen LogP contribution in [0.15, 0.2) is 48.5 Å². The second kappa shape index (κ2) is 6.60. The van der Waals surface area contributed by atoms with Gasteiger partial charge >= 0.3 is 0 Å². The third-order valence-electron chi connectivity index (χ3n) is 3.62. The molecule has 5 nitrogen and oxygen atoms in total. The van der Waals surface area contributed by atoms with Crippen LogP contribution in [0.4, 0.5) is 17.1 Å². The molecule has 0 aliphatic carbocycles. The van der Waals surface area contributed by atoms with Crippen molar-refractivity contribution in [3.8, 4) is 5.75 Å². The van der Waals surface area contributed by atoms with E-state index in [9.17, 15) is 0 Å². The van der Waals surface area contributed by atoms with Gasteiger partial charge in [-0.3, -0.25) is 0 Å². The summed E-state index contributed by atoms with van der Waals surface area (Å²) < 4.78 is 5.91. The predicted molar refractivity (Wildman–Crippen MR) is 99.8 cm³/mol. The van der Waals surface area contributed by atoms with Crippen LogP contribution in [-0.2, 0) is 0 Å². The Balaban J connectivity index is 1.66. The summed E-state index contributed by atoms with van der Waals surface area (Å²) in [7, 11) is 0. The minimum Gasteiger partial charge on any atom is -0.483 e. The molecule has 0 saturated heterocycles. The van der Waals surface area contributed by atoms with Gasteiger partial charge in [-0.2, -0.15) is 5.48 Å². The van der Waals surface area contributed by atoms with E-state index < -0.39 is 0 Å². The zero-order valence-corrected chi connectivity index (χ0v) is 14.4. The predicted octanol–water partition coefficient (Wildman–Crippen LogP) is 3.26. The van der Waals surface area contributed by atoms with Gasteiger partial charge < -0.3 is 15.4 Å². The second-order valence-corrected chi connectivity index (χ2v) is 6.53. The standard InChI is InChI=1S/C18H19N3O2S/c1-18(2)10-9-12-11-15(7-8-16(12)23-18)20-17(24)19-13-3-5-14(21-22)6-4-13/h3-11,21-22H,1-2H3,(H2,19,20,24)/p+1. The van der Waals surface area contributed by atoms with Crippen molar-refractivity contribution in [2.24, 2.45) is 0 Å². The summed E-state index contributed by atoms with van der Waals surface area (Å²) in [5.74, 6) is 0.864. The van der Waals surface area contributed by atoms with Crippen LogP contribution in [0.25, 0.3) is 6.08 Å². The number of thiocarbonyl (C=S) groups is 1. The van der Waals surface area contributed by atoms with Crippen LogP contribution < -0.4 is 20.9 Å². The highest BCUT2D eigenvalue weighted by Crippen LogP contribution is 2.32. The molecule has 3 rings (SSSR count). The number of anilines is 2. The van der Waals surface area contributed by atoms with Crippen molar-refractivity contribution < 1.29 is 15.4 Å². The Hall–Kier alpha value is -2.41. The summed E-state index contributed by atoms with van der Waals surface area (Å²) in [5.41, 5.74) is 4.27. The first kappa shape index (κ1) is 16.4. The van der Waals surface area contributed by atoms with Crippen molar-refractivity contribution in [2.75, 3.05) is 10.6 Å². The van der Waals surface area contributed by atoms with E-state index in [1.54, 1.807) is 12.1 Å². The third kappa shape index (κ3) is 3.91. The molecule has 1 aliphatic heterocycles. The van der Waals surface area contributed by atoms with E-state index in [0.717, 1.165) is 33.9 Å². The number of fused-ring (bicyclic) bond motifs is 1. The first-order valence-electron chi connectivity index (χ1n) is 7.63. The van der Waals surface area contributed by atoms with Gasteiger partial charge in [0.25, 0.3) is 0 Å². The summed E-state index contributed by atoms with van der Waals surface area (Å²) in [6.07, 6.45) is 4.10. The van der Waals surface area contributed by atoms with E-state index in [1.165, 1.54) is 0 Å². The van der Waals surface area contributed by atoms with Crippen LogP contribution in [0.3, 0.4) is 0 Å². The minimum atomic E-state index is -0.281. The maximum absolute atomic E-state index is 8.94. The average molecular weight is 342 g/mol. The third-order valence-corrected chi connectivity index (χ3v) is 3.83. The normalized spacial score (nSPS) is 14.5. The van der Waals surface area contributed by atoms with Gasteiger partial charge in [0.15, 0.2) is 10.8 Å². The average Bonchev–Trinajstić information content (AvgIpc) is 2.55. The van der Waals surface area contributed by atoms with E-state index >= 15 is 0 Å². The molecule has 2 aromatic rings. The van der Waals surface area contributed by atoms with E-state index in [4.69, 9.17) is 22.2 Å². The summed E-state index contributed by atoms with van der Waals surface area (Å²) in [6, 6.07) is 13.2. The van der Waals surface area contributed by atoms with Crippen LogP contribution >= 0.6 is 12.2 Å². The monoisotopic (exact) mass is 342 g/mol. The number of rotatable bonds is 3. The molecule has 1 aliphatic rings. The Bertz CT molecular complexity index is 785. The smallest absolute Gasteiger partial charge is 0.175 e. The Morgan fingerprint density at radius 2 is 1.75 bits per heavy atom. The highest BCUT2D eigenvalue weighted by Gasteiger charge is 2.21. The molecular formula is C18H20N3O2S+. The van der Waals surface area contributed by atoms with Crippen molar-refractivity contribution in [3.05, 3.63) is 54.1 Å². The molecule has 1 heterocycles. The number of quaternary nitrogens is 1. The molecule has 0 fully saturated rings. The molecule has 0 bridgehead atoms. The molecule has 0 saturated carbocycles. The highest BCUT2D eigenvalue weighted by molar-refractivity contribution is 7.80. The fourth-order valence-electron chi connectivity index (χ4n) is 2.40. The zero-order chi connectivity index (χ0) is 17.2. The van der Waals surface area contributed by atoms with E-state index in [2.05, 4.69) is 16.7 Å². The maximum atomic E-state index is 8.94. The summed E-state index contributed by atoms with van der Waals surface area (Å²) in [4.78, 5) is 0. The largest absolute Gasteiger partial charge is 0.483 e. The van der Waals surface area contributed by atoms with Gasteiger partial charge in [0.05, 0.1) is 0 Å². The first-order chi connectivity index (χ1) is 11.4. The van der Waals surface area contributed by atoms with Gasteiger partial charge in [-0.15, -0.1) is 0 Å². The molecular weight excluding hydrogens is 322 g/mol. The zero-order valence-electron chi connectivity index (χ0n) is 13.5. The first-order valence-corrected chi connectivity index (χ1v) is 8.04. The lowest BCUT2D eigenvalue weighted by Gasteiger charge is -2.28. The molecule has 0 atom stereocenters. The van der Waals surface area contributed by atoms with Crippen molar-refractivity contribution in [3.63, 3.8) is 0 Å². The van der Waals surface area contributed by atoms with Gasteiger partial charge in [0.1, 0.15) is 11.4 Å². The SMILES string of the molecule is CC1(C)C=Cc2cc(NC(=S)Nc3ccc([NH2+]O)cc3)ccc2O1.